The van der Waals surface area contributed by atoms with E-state index in [1.807, 2.05) is 24.3 Å². The first-order valence-electron chi connectivity index (χ1n) is 9.54. The molecule has 1 aliphatic rings. The molecule has 3 rings (SSSR count). The third-order valence-corrected chi connectivity index (χ3v) is 5.14. The van der Waals surface area contributed by atoms with Gasteiger partial charge in [-0.2, -0.15) is 4.98 Å². The van der Waals surface area contributed by atoms with Crippen LogP contribution < -0.4 is 11.4 Å². The number of anilines is 1. The van der Waals surface area contributed by atoms with Gasteiger partial charge in [0.05, 0.1) is 7.11 Å². The highest BCUT2D eigenvalue weighted by Gasteiger charge is 2.20. The number of nitrogens with two attached hydrogens (primary N) is 1. The number of hydrogen-bond acceptors (Lipinski definition) is 6. The number of carbonyl (C=O) groups excluding carboxylic acids is 1. The van der Waals surface area contributed by atoms with Crippen molar-refractivity contribution in [1.82, 2.24) is 14.5 Å². The minimum atomic E-state index is -0.660. The Morgan fingerprint density at radius 3 is 2.66 bits per heavy atom. The van der Waals surface area contributed by atoms with Gasteiger partial charge in [-0.25, -0.2) is 14.0 Å². The molecule has 7 nitrogen and oxygen atoms in total. The molecule has 0 spiro atoms. The monoisotopic (exact) mass is 400 g/mol. The molecule has 0 bridgehead atoms. The molecular formula is C21H25FN4O3. The second kappa shape index (κ2) is 9.47. The summed E-state index contributed by atoms with van der Waals surface area (Å²) in [6.07, 6.45) is 6.12. The highest BCUT2D eigenvalue weighted by Crippen LogP contribution is 2.21. The van der Waals surface area contributed by atoms with Crippen molar-refractivity contribution in [2.45, 2.75) is 25.9 Å². The molecular weight excluding hydrogens is 375 g/mol. The van der Waals surface area contributed by atoms with Gasteiger partial charge < -0.3 is 10.5 Å². The number of ether oxygens (including phenoxy) is 1. The van der Waals surface area contributed by atoms with E-state index in [1.165, 1.54) is 23.3 Å². The first kappa shape index (κ1) is 20.7. The molecule has 8 heteroatoms. The number of benzene rings is 1. The van der Waals surface area contributed by atoms with E-state index in [1.54, 1.807) is 6.08 Å². The minimum Gasteiger partial charge on any atom is -0.466 e. The van der Waals surface area contributed by atoms with Gasteiger partial charge in [0.1, 0.15) is 0 Å². The summed E-state index contributed by atoms with van der Waals surface area (Å²) in [4.78, 5) is 28.9. The van der Waals surface area contributed by atoms with Crippen LogP contribution in [0.1, 0.15) is 24.0 Å². The summed E-state index contributed by atoms with van der Waals surface area (Å²) >= 11 is 0. The zero-order chi connectivity index (χ0) is 20.8. The lowest BCUT2D eigenvalue weighted by atomic mass is 9.96. The van der Waals surface area contributed by atoms with E-state index in [9.17, 15) is 14.0 Å². The van der Waals surface area contributed by atoms with Crippen LogP contribution in [0.5, 0.6) is 0 Å². The lowest BCUT2D eigenvalue weighted by molar-refractivity contribution is -0.134. The number of nitrogen functional groups attached to an aromatic ring is 1. The molecule has 2 N–H and O–H groups in total. The van der Waals surface area contributed by atoms with Crippen LogP contribution >= 0.6 is 0 Å². The van der Waals surface area contributed by atoms with Gasteiger partial charge in [0.15, 0.2) is 11.6 Å². The van der Waals surface area contributed by atoms with Crippen LogP contribution in [-0.2, 0) is 22.6 Å². The second-order valence-corrected chi connectivity index (χ2v) is 7.23. The molecule has 0 aliphatic carbocycles. The Morgan fingerprint density at radius 2 is 2.00 bits per heavy atom. The van der Waals surface area contributed by atoms with Crippen LogP contribution in [0.25, 0.3) is 6.08 Å². The van der Waals surface area contributed by atoms with Crippen molar-refractivity contribution in [3.8, 4) is 0 Å². The van der Waals surface area contributed by atoms with E-state index < -0.39 is 11.5 Å². The molecule has 0 unspecified atom stereocenters. The number of piperidine rings is 1. The molecule has 2 aromatic rings. The van der Waals surface area contributed by atoms with Gasteiger partial charge in [0.25, 0.3) is 0 Å². The Bertz CT molecular complexity index is 932. The average molecular weight is 400 g/mol. The summed E-state index contributed by atoms with van der Waals surface area (Å²) in [7, 11) is 1.35. The molecule has 1 aromatic heterocycles. The van der Waals surface area contributed by atoms with Crippen molar-refractivity contribution in [1.29, 1.82) is 0 Å². The Kier molecular flexibility index (Phi) is 6.77. The van der Waals surface area contributed by atoms with E-state index in [0.29, 0.717) is 12.5 Å². The first-order chi connectivity index (χ1) is 13.9. The van der Waals surface area contributed by atoms with Gasteiger partial charge in [0.2, 0.25) is 0 Å². The highest BCUT2D eigenvalue weighted by atomic mass is 19.1. The zero-order valence-electron chi connectivity index (χ0n) is 16.4. The predicted octanol–water partition coefficient (Wildman–Crippen LogP) is 2.06. The van der Waals surface area contributed by atoms with Crippen molar-refractivity contribution in [2.24, 2.45) is 5.92 Å². The molecule has 0 radical (unpaired) electrons. The normalized spacial score (nSPS) is 15.7. The molecule has 1 fully saturated rings. The summed E-state index contributed by atoms with van der Waals surface area (Å²) in [5, 5.41) is 0. The Morgan fingerprint density at radius 1 is 1.31 bits per heavy atom. The lowest BCUT2D eigenvalue weighted by Crippen LogP contribution is -2.36. The fourth-order valence-electron chi connectivity index (χ4n) is 3.44. The van der Waals surface area contributed by atoms with Crippen molar-refractivity contribution < 1.29 is 13.9 Å². The topological polar surface area (TPSA) is 90.4 Å². The summed E-state index contributed by atoms with van der Waals surface area (Å²) in [6, 6.07) is 8.03. The maximum atomic E-state index is 13.6. The third-order valence-electron chi connectivity index (χ3n) is 5.14. The number of hydrogen-bond donors (Lipinski definition) is 1. The SMILES string of the molecule is COC(=O)/C=C/c1ccc(CN2CCC(Cn3cc(F)c(N)nc3=O)CC2)cc1. The van der Waals surface area contributed by atoms with Crippen molar-refractivity contribution in [3.05, 3.63) is 64.0 Å². The standard InChI is InChI=1S/C21H25FN4O3/c1-29-19(27)7-6-15-2-4-16(5-3-15)12-25-10-8-17(9-11-25)13-26-14-18(22)20(23)24-21(26)28/h2-7,14,17H,8-13H2,1H3,(H2,23,24,28)/b7-6+. The van der Waals surface area contributed by atoms with Crippen LogP contribution in [0.2, 0.25) is 0 Å². The molecule has 1 aliphatic heterocycles. The number of rotatable bonds is 6. The Balaban J connectivity index is 1.50. The van der Waals surface area contributed by atoms with E-state index in [-0.39, 0.29) is 11.8 Å². The van der Waals surface area contributed by atoms with E-state index >= 15 is 0 Å². The van der Waals surface area contributed by atoms with Gasteiger partial charge in [0, 0.05) is 25.4 Å². The van der Waals surface area contributed by atoms with Gasteiger partial charge in [-0.05, 0) is 49.1 Å². The Labute approximate surface area is 168 Å². The smallest absolute Gasteiger partial charge is 0.349 e. The lowest BCUT2D eigenvalue weighted by Gasteiger charge is -2.32. The number of likely N-dealkylation sites (tertiary alicyclic amines) is 1. The molecule has 1 aromatic carbocycles. The number of esters is 1. The van der Waals surface area contributed by atoms with Crippen molar-refractivity contribution >= 4 is 17.9 Å². The molecule has 0 saturated carbocycles. The van der Waals surface area contributed by atoms with Crippen molar-refractivity contribution in [2.75, 3.05) is 25.9 Å². The third kappa shape index (κ3) is 5.74. The maximum absolute atomic E-state index is 13.6. The van der Waals surface area contributed by atoms with Crippen LogP contribution in [0.3, 0.4) is 0 Å². The molecule has 154 valence electrons. The van der Waals surface area contributed by atoms with Crippen LogP contribution in [0.4, 0.5) is 10.2 Å². The first-order valence-corrected chi connectivity index (χ1v) is 9.54. The maximum Gasteiger partial charge on any atom is 0.349 e. The molecule has 29 heavy (non-hydrogen) atoms. The number of aromatic nitrogens is 2. The van der Waals surface area contributed by atoms with E-state index in [2.05, 4.69) is 14.6 Å². The molecule has 2 heterocycles. The second-order valence-electron chi connectivity index (χ2n) is 7.23. The fourth-order valence-corrected chi connectivity index (χ4v) is 3.44. The minimum absolute atomic E-state index is 0.305. The van der Waals surface area contributed by atoms with Gasteiger partial charge in [-0.3, -0.25) is 9.47 Å². The van der Waals surface area contributed by atoms with E-state index in [4.69, 9.17) is 5.73 Å². The van der Waals surface area contributed by atoms with Gasteiger partial charge in [-0.1, -0.05) is 24.3 Å². The number of nitrogens with zero attached hydrogens (tertiary/aromatic N) is 3. The summed E-state index contributed by atoms with van der Waals surface area (Å²) in [5.41, 5.74) is 6.95. The quantitative estimate of drug-likeness (QED) is 0.590. The van der Waals surface area contributed by atoms with Gasteiger partial charge >= 0.3 is 11.7 Å². The van der Waals surface area contributed by atoms with Gasteiger partial charge in [-0.15, -0.1) is 0 Å². The summed E-state index contributed by atoms with van der Waals surface area (Å²) in [5.74, 6) is -1.09. The van der Waals surface area contributed by atoms with Crippen LogP contribution in [0, 0.1) is 11.7 Å². The number of halogens is 1. The summed E-state index contributed by atoms with van der Waals surface area (Å²) in [6.45, 7) is 3.12. The molecule has 1 saturated heterocycles. The van der Waals surface area contributed by atoms with Crippen molar-refractivity contribution in [3.63, 3.8) is 0 Å². The summed E-state index contributed by atoms with van der Waals surface area (Å²) < 4.78 is 19.5. The van der Waals surface area contributed by atoms with Crippen LogP contribution in [-0.4, -0.2) is 40.6 Å². The number of carbonyl (C=O) groups is 1. The highest BCUT2D eigenvalue weighted by molar-refractivity contribution is 5.86. The van der Waals surface area contributed by atoms with Crippen LogP contribution in [0.15, 0.2) is 41.3 Å². The average Bonchev–Trinajstić information content (AvgIpc) is 2.72. The zero-order valence-corrected chi connectivity index (χ0v) is 16.4. The molecule has 0 atom stereocenters. The largest absolute Gasteiger partial charge is 0.466 e. The predicted molar refractivity (Wildman–Crippen MR) is 108 cm³/mol. The fraction of sp³-hybridized carbons (Fsp3) is 0.381. The number of methoxy groups -OCH3 is 1. The molecule has 0 amide bonds. The Hall–Kier alpha value is -3.00. The van der Waals surface area contributed by atoms with E-state index in [0.717, 1.165) is 44.2 Å².